The zero-order valence-electron chi connectivity index (χ0n) is 11.9. The molecule has 2 unspecified atom stereocenters. The molecule has 3 rings (SSSR count). The molecule has 0 aliphatic carbocycles. The fourth-order valence-corrected chi connectivity index (χ4v) is 5.63. The van der Waals surface area contributed by atoms with Crippen molar-refractivity contribution in [3.05, 3.63) is 29.3 Å². The smallest absolute Gasteiger partial charge is 0.166 e. The highest BCUT2D eigenvalue weighted by atomic mass is 32.2. The standard InChI is InChI=1S/C16H20O3S/c1-10-7-12(19-2)3-6-15(10)16(17)11-8-13-4-5-14(9-11)20(13)18/h3,6-7,11,13-14H,4-5,8-9H2,1-2H3. The summed E-state index contributed by atoms with van der Waals surface area (Å²) in [5, 5.41) is 0.502. The average molecular weight is 292 g/mol. The lowest BCUT2D eigenvalue weighted by atomic mass is 9.88. The molecule has 2 heterocycles. The highest BCUT2D eigenvalue weighted by Crippen LogP contribution is 2.40. The van der Waals surface area contributed by atoms with Gasteiger partial charge in [0.1, 0.15) is 5.75 Å². The second-order valence-corrected chi connectivity index (χ2v) is 7.85. The van der Waals surface area contributed by atoms with Crippen LogP contribution in [0, 0.1) is 12.8 Å². The minimum absolute atomic E-state index is 0.0531. The third-order valence-corrected chi connectivity index (χ3v) is 6.80. The zero-order chi connectivity index (χ0) is 14.3. The van der Waals surface area contributed by atoms with E-state index in [4.69, 9.17) is 4.74 Å². The van der Waals surface area contributed by atoms with Crippen LogP contribution in [0.1, 0.15) is 41.6 Å². The predicted octanol–water partition coefficient (Wildman–Crippen LogP) is 2.88. The fraction of sp³-hybridized carbons (Fsp3) is 0.562. The van der Waals surface area contributed by atoms with E-state index in [0.29, 0.717) is 0 Å². The predicted molar refractivity (Wildman–Crippen MR) is 79.7 cm³/mol. The van der Waals surface area contributed by atoms with Crippen LogP contribution in [0.25, 0.3) is 0 Å². The number of rotatable bonds is 3. The van der Waals surface area contributed by atoms with E-state index in [0.717, 1.165) is 42.6 Å². The molecule has 0 aromatic heterocycles. The summed E-state index contributed by atoms with van der Waals surface area (Å²) in [6, 6.07) is 5.61. The summed E-state index contributed by atoms with van der Waals surface area (Å²) in [5.41, 5.74) is 1.76. The van der Waals surface area contributed by atoms with Crippen molar-refractivity contribution in [1.29, 1.82) is 0 Å². The molecule has 108 valence electrons. The summed E-state index contributed by atoms with van der Waals surface area (Å²) < 4.78 is 17.2. The largest absolute Gasteiger partial charge is 0.497 e. The molecule has 0 N–H and O–H groups in total. The van der Waals surface area contributed by atoms with Gasteiger partial charge in [-0.05, 0) is 56.4 Å². The first-order valence-electron chi connectivity index (χ1n) is 7.18. The number of hydrogen-bond acceptors (Lipinski definition) is 3. The van der Waals surface area contributed by atoms with Crippen LogP contribution in [0.5, 0.6) is 5.75 Å². The number of aryl methyl sites for hydroxylation is 1. The number of methoxy groups -OCH3 is 1. The molecule has 2 fully saturated rings. The van der Waals surface area contributed by atoms with Crippen LogP contribution in [0.3, 0.4) is 0 Å². The van der Waals surface area contributed by atoms with Crippen molar-refractivity contribution in [2.45, 2.75) is 43.1 Å². The van der Waals surface area contributed by atoms with E-state index in [1.54, 1.807) is 7.11 Å². The van der Waals surface area contributed by atoms with E-state index >= 15 is 0 Å². The van der Waals surface area contributed by atoms with Gasteiger partial charge in [-0.2, -0.15) is 0 Å². The molecule has 1 aromatic carbocycles. The molecule has 2 aliphatic rings. The highest BCUT2D eigenvalue weighted by molar-refractivity contribution is 7.86. The van der Waals surface area contributed by atoms with Crippen molar-refractivity contribution in [3.63, 3.8) is 0 Å². The minimum atomic E-state index is -0.695. The second kappa shape index (κ2) is 5.32. The van der Waals surface area contributed by atoms with Crippen LogP contribution in [-0.4, -0.2) is 27.6 Å². The van der Waals surface area contributed by atoms with Gasteiger partial charge in [-0.3, -0.25) is 9.00 Å². The van der Waals surface area contributed by atoms with Gasteiger partial charge < -0.3 is 4.74 Å². The van der Waals surface area contributed by atoms with Gasteiger partial charge in [0.25, 0.3) is 0 Å². The van der Waals surface area contributed by atoms with E-state index in [2.05, 4.69) is 0 Å². The van der Waals surface area contributed by atoms with Crippen molar-refractivity contribution in [1.82, 2.24) is 0 Å². The Morgan fingerprint density at radius 2 is 1.90 bits per heavy atom. The Hall–Kier alpha value is -1.16. The van der Waals surface area contributed by atoms with Gasteiger partial charge >= 0.3 is 0 Å². The monoisotopic (exact) mass is 292 g/mol. The van der Waals surface area contributed by atoms with E-state index in [1.165, 1.54) is 0 Å². The van der Waals surface area contributed by atoms with Crippen molar-refractivity contribution >= 4 is 16.6 Å². The third kappa shape index (κ3) is 2.30. The number of Topliss-reactive ketones (excluding diaryl/α,β-unsaturated/α-hetero) is 1. The van der Waals surface area contributed by atoms with E-state index in [9.17, 15) is 9.00 Å². The van der Waals surface area contributed by atoms with Crippen LogP contribution in [0.4, 0.5) is 0 Å². The quantitative estimate of drug-likeness (QED) is 0.805. The fourth-order valence-electron chi connectivity index (χ4n) is 3.51. The lowest BCUT2D eigenvalue weighted by molar-refractivity contribution is 0.0905. The topological polar surface area (TPSA) is 43.4 Å². The molecule has 2 atom stereocenters. The van der Waals surface area contributed by atoms with Gasteiger partial charge in [0.2, 0.25) is 0 Å². The maximum atomic E-state index is 12.7. The summed E-state index contributed by atoms with van der Waals surface area (Å²) in [7, 11) is 0.934. The molecule has 2 aliphatic heterocycles. The number of carbonyl (C=O) groups excluding carboxylic acids is 1. The summed E-state index contributed by atoms with van der Waals surface area (Å²) in [4.78, 5) is 12.7. The van der Waals surface area contributed by atoms with Crippen molar-refractivity contribution in [2.24, 2.45) is 5.92 Å². The van der Waals surface area contributed by atoms with Gasteiger partial charge in [-0.1, -0.05) is 0 Å². The molecular weight excluding hydrogens is 272 g/mol. The Labute approximate surface area is 122 Å². The molecule has 2 bridgehead atoms. The Bertz CT molecular complexity index is 551. The van der Waals surface area contributed by atoms with Gasteiger partial charge in [-0.15, -0.1) is 0 Å². The summed E-state index contributed by atoms with van der Waals surface area (Å²) in [6.45, 7) is 1.95. The van der Waals surface area contributed by atoms with Crippen molar-refractivity contribution < 1.29 is 13.7 Å². The second-order valence-electron chi connectivity index (χ2n) is 5.86. The zero-order valence-corrected chi connectivity index (χ0v) is 12.7. The van der Waals surface area contributed by atoms with E-state index < -0.39 is 10.8 Å². The number of carbonyl (C=O) groups is 1. The number of hydrogen-bond donors (Lipinski definition) is 0. The Balaban J connectivity index is 1.81. The van der Waals surface area contributed by atoms with Crippen molar-refractivity contribution in [2.75, 3.05) is 7.11 Å². The van der Waals surface area contributed by atoms with E-state index in [-0.39, 0.29) is 22.2 Å². The van der Waals surface area contributed by atoms with Crippen LogP contribution in [-0.2, 0) is 10.8 Å². The normalized spacial score (nSPS) is 32.1. The van der Waals surface area contributed by atoms with E-state index in [1.807, 2.05) is 25.1 Å². The highest BCUT2D eigenvalue weighted by Gasteiger charge is 2.42. The molecule has 2 saturated heterocycles. The maximum Gasteiger partial charge on any atom is 0.166 e. The molecule has 20 heavy (non-hydrogen) atoms. The van der Waals surface area contributed by atoms with Crippen LogP contribution in [0.15, 0.2) is 18.2 Å². The summed E-state index contributed by atoms with van der Waals surface area (Å²) >= 11 is 0. The molecule has 0 saturated carbocycles. The molecular formula is C16H20O3S. The number of ketones is 1. The van der Waals surface area contributed by atoms with Crippen LogP contribution >= 0.6 is 0 Å². The lowest BCUT2D eigenvalue weighted by Crippen LogP contribution is -2.32. The van der Waals surface area contributed by atoms with Crippen LogP contribution < -0.4 is 4.74 Å². The summed E-state index contributed by atoms with van der Waals surface area (Å²) in [6.07, 6.45) is 3.66. The first kappa shape index (κ1) is 13.8. The van der Waals surface area contributed by atoms with Gasteiger partial charge in [0.15, 0.2) is 5.78 Å². The van der Waals surface area contributed by atoms with Crippen molar-refractivity contribution in [3.8, 4) is 5.75 Å². The van der Waals surface area contributed by atoms with Gasteiger partial charge in [-0.25, -0.2) is 0 Å². The average Bonchev–Trinajstić information content (AvgIpc) is 2.67. The molecule has 0 spiro atoms. The molecule has 1 aromatic rings. The number of benzene rings is 1. The Morgan fingerprint density at radius 3 is 2.45 bits per heavy atom. The maximum absolute atomic E-state index is 12.7. The first-order valence-corrected chi connectivity index (χ1v) is 8.46. The Kier molecular flexibility index (Phi) is 3.67. The third-order valence-electron chi connectivity index (χ3n) is 4.63. The molecule has 0 radical (unpaired) electrons. The number of fused-ring (bicyclic) bond motifs is 2. The molecule has 3 nitrogen and oxygen atoms in total. The van der Waals surface area contributed by atoms with Gasteiger partial charge in [0.05, 0.1) is 7.11 Å². The first-order chi connectivity index (χ1) is 9.60. The lowest BCUT2D eigenvalue weighted by Gasteiger charge is -2.26. The number of ether oxygens (including phenoxy) is 1. The molecule has 4 heteroatoms. The van der Waals surface area contributed by atoms with Gasteiger partial charge in [0, 0.05) is 32.8 Å². The molecule has 0 amide bonds. The Morgan fingerprint density at radius 1 is 1.25 bits per heavy atom. The minimum Gasteiger partial charge on any atom is -0.497 e. The van der Waals surface area contributed by atoms with Crippen LogP contribution in [0.2, 0.25) is 0 Å². The summed E-state index contributed by atoms with van der Waals surface area (Å²) in [5.74, 6) is 1.06. The SMILES string of the molecule is COc1ccc(C(=O)C2CC3CCC(C2)S3=O)c(C)c1.